The summed E-state index contributed by atoms with van der Waals surface area (Å²) in [6.07, 6.45) is 0. The van der Waals surface area contributed by atoms with Gasteiger partial charge in [-0.05, 0) is 35.8 Å². The molecule has 4 nitrogen and oxygen atoms in total. The minimum absolute atomic E-state index is 0.136. The molecule has 0 aliphatic rings. The minimum Gasteiger partial charge on any atom is -0.465 e. The van der Waals surface area contributed by atoms with Crippen molar-refractivity contribution in [3.8, 4) is 11.1 Å². The lowest BCUT2D eigenvalue weighted by Gasteiger charge is -2.22. The van der Waals surface area contributed by atoms with Crippen molar-refractivity contribution in [2.24, 2.45) is 0 Å². The van der Waals surface area contributed by atoms with Crippen molar-refractivity contribution < 1.29 is 9.53 Å². The summed E-state index contributed by atoms with van der Waals surface area (Å²) in [6, 6.07) is 30.0. The summed E-state index contributed by atoms with van der Waals surface area (Å²) in [4.78, 5) is 13.8. The smallest absolute Gasteiger partial charge is 0.341 e. The molecule has 0 saturated carbocycles. The molecule has 4 rings (SSSR count). The molecule has 33 heavy (non-hydrogen) atoms. The number of thiocarbonyl (C=S) groups is 1. The number of aryl methyl sites for hydroxylation is 1. The number of carbonyl (C=O) groups excluding carboxylic acids is 1. The third kappa shape index (κ3) is 5.13. The number of hydrogen-bond donors (Lipinski definition) is 2. The zero-order valence-electron chi connectivity index (χ0n) is 18.4. The second kappa shape index (κ2) is 10.4. The Hall–Kier alpha value is -3.48. The molecule has 1 aromatic heterocycles. The maximum absolute atomic E-state index is 12.8. The van der Waals surface area contributed by atoms with E-state index < -0.39 is 5.97 Å². The summed E-state index contributed by atoms with van der Waals surface area (Å²) in [5.74, 6) is -0.397. The first kappa shape index (κ1) is 22.7. The second-order valence-corrected chi connectivity index (χ2v) is 9.08. The summed E-state index contributed by atoms with van der Waals surface area (Å²) < 4.78 is 5.12. The van der Waals surface area contributed by atoms with Crippen molar-refractivity contribution in [3.05, 3.63) is 113 Å². The third-order valence-electron chi connectivity index (χ3n) is 5.30. The quantitative estimate of drug-likeness (QED) is 0.245. The molecule has 0 aliphatic carbocycles. The number of nitrogens with one attached hydrogen (secondary N) is 2. The van der Waals surface area contributed by atoms with Gasteiger partial charge < -0.3 is 15.4 Å². The first-order chi connectivity index (χ1) is 16.1. The zero-order chi connectivity index (χ0) is 23.2. The van der Waals surface area contributed by atoms with Gasteiger partial charge in [0.25, 0.3) is 0 Å². The molecule has 0 atom stereocenters. The zero-order valence-corrected chi connectivity index (χ0v) is 20.0. The van der Waals surface area contributed by atoms with Gasteiger partial charge in [-0.2, -0.15) is 0 Å². The van der Waals surface area contributed by atoms with Crippen molar-refractivity contribution in [1.82, 2.24) is 5.32 Å². The highest BCUT2D eigenvalue weighted by molar-refractivity contribution is 7.80. The molecule has 0 spiro atoms. The molecule has 2 N–H and O–H groups in total. The Morgan fingerprint density at radius 1 is 0.879 bits per heavy atom. The van der Waals surface area contributed by atoms with Crippen LogP contribution in [0.5, 0.6) is 0 Å². The Labute approximate surface area is 203 Å². The van der Waals surface area contributed by atoms with Crippen molar-refractivity contribution in [2.75, 3.05) is 12.4 Å². The number of benzene rings is 3. The number of thiophene rings is 1. The number of ether oxygens (including phenoxy) is 1. The summed E-state index contributed by atoms with van der Waals surface area (Å²) in [6.45, 7) is 2.00. The van der Waals surface area contributed by atoms with E-state index in [0.29, 0.717) is 15.7 Å². The number of hydrogen-bond acceptors (Lipinski definition) is 4. The summed E-state index contributed by atoms with van der Waals surface area (Å²) in [5, 5.41) is 7.78. The Balaban J connectivity index is 1.66. The van der Waals surface area contributed by atoms with E-state index in [1.165, 1.54) is 18.4 Å². The van der Waals surface area contributed by atoms with E-state index in [4.69, 9.17) is 17.0 Å². The molecule has 0 amide bonds. The van der Waals surface area contributed by atoms with E-state index in [1.807, 2.05) is 73.7 Å². The lowest BCUT2D eigenvalue weighted by molar-refractivity contribution is 0.0603. The molecule has 0 saturated heterocycles. The highest BCUT2D eigenvalue weighted by atomic mass is 32.1. The summed E-state index contributed by atoms with van der Waals surface area (Å²) in [7, 11) is 1.39. The van der Waals surface area contributed by atoms with Crippen LogP contribution in [0.15, 0.2) is 91.0 Å². The molecule has 4 aromatic rings. The van der Waals surface area contributed by atoms with Crippen molar-refractivity contribution >= 4 is 39.6 Å². The van der Waals surface area contributed by atoms with Gasteiger partial charge in [-0.25, -0.2) is 4.79 Å². The Bertz CT molecular complexity index is 1200. The summed E-state index contributed by atoms with van der Waals surface area (Å²) in [5.41, 5.74) is 4.50. The van der Waals surface area contributed by atoms with Crippen LogP contribution in [-0.2, 0) is 4.74 Å². The van der Waals surface area contributed by atoms with Gasteiger partial charge in [0, 0.05) is 10.4 Å². The van der Waals surface area contributed by atoms with Crippen molar-refractivity contribution in [3.63, 3.8) is 0 Å². The normalized spacial score (nSPS) is 10.6. The van der Waals surface area contributed by atoms with Crippen LogP contribution in [0.1, 0.15) is 32.4 Å². The molecule has 6 heteroatoms. The summed E-state index contributed by atoms with van der Waals surface area (Å²) >= 11 is 7.18. The molecule has 166 valence electrons. The number of carbonyl (C=O) groups is 1. The fourth-order valence-corrected chi connectivity index (χ4v) is 5.16. The predicted molar refractivity (Wildman–Crippen MR) is 140 cm³/mol. The molecular formula is C27H24N2O2S2. The van der Waals surface area contributed by atoms with Crippen molar-refractivity contribution in [2.45, 2.75) is 13.0 Å². The maximum atomic E-state index is 12.8. The molecule has 0 radical (unpaired) electrons. The number of methoxy groups -OCH3 is 1. The molecule has 0 fully saturated rings. The Kier molecular flexibility index (Phi) is 7.17. The first-order valence-corrected chi connectivity index (χ1v) is 11.8. The molecule has 0 aliphatic heterocycles. The number of esters is 1. The fraction of sp³-hybridized carbons (Fsp3) is 0.111. The topological polar surface area (TPSA) is 50.4 Å². The number of rotatable bonds is 6. The van der Waals surface area contributed by atoms with Crippen LogP contribution >= 0.6 is 23.6 Å². The largest absolute Gasteiger partial charge is 0.465 e. The van der Waals surface area contributed by atoms with Crippen molar-refractivity contribution in [1.29, 1.82) is 0 Å². The first-order valence-electron chi connectivity index (χ1n) is 10.5. The second-order valence-electron chi connectivity index (χ2n) is 7.45. The van der Waals surface area contributed by atoms with Crippen LogP contribution in [0, 0.1) is 6.92 Å². The SMILES string of the molecule is COC(=O)c1c(NC(=S)NC(c2ccccc2)c2ccccc2)sc(C)c1-c1ccccc1. The molecule has 1 heterocycles. The molecule has 0 unspecified atom stereocenters. The van der Waals surface area contributed by atoms with E-state index >= 15 is 0 Å². The highest BCUT2D eigenvalue weighted by Crippen LogP contribution is 2.40. The lowest BCUT2D eigenvalue weighted by atomic mass is 9.99. The monoisotopic (exact) mass is 472 g/mol. The van der Waals surface area contributed by atoms with Gasteiger partial charge in [0.15, 0.2) is 5.11 Å². The van der Waals surface area contributed by atoms with Gasteiger partial charge in [-0.3, -0.25) is 0 Å². The van der Waals surface area contributed by atoms with Gasteiger partial charge >= 0.3 is 5.97 Å². The highest BCUT2D eigenvalue weighted by Gasteiger charge is 2.25. The van der Waals surface area contributed by atoms with E-state index in [1.54, 1.807) is 0 Å². The van der Waals surface area contributed by atoms with Crippen LogP contribution < -0.4 is 10.6 Å². The van der Waals surface area contributed by atoms with Gasteiger partial charge in [0.1, 0.15) is 10.6 Å². The van der Waals surface area contributed by atoms with E-state index in [2.05, 4.69) is 34.9 Å². The fourth-order valence-electron chi connectivity index (χ4n) is 3.80. The third-order valence-corrected chi connectivity index (χ3v) is 6.55. The predicted octanol–water partition coefficient (Wildman–Crippen LogP) is 6.59. The van der Waals surface area contributed by atoms with Crippen LogP contribution in [0.4, 0.5) is 5.00 Å². The number of anilines is 1. The van der Waals surface area contributed by atoms with E-state index in [-0.39, 0.29) is 6.04 Å². The van der Waals surface area contributed by atoms with Crippen LogP contribution in [0.2, 0.25) is 0 Å². The molecule has 3 aromatic carbocycles. The minimum atomic E-state index is -0.397. The van der Waals surface area contributed by atoms with Gasteiger partial charge in [-0.15, -0.1) is 11.3 Å². The van der Waals surface area contributed by atoms with Crippen LogP contribution in [-0.4, -0.2) is 18.2 Å². The average molecular weight is 473 g/mol. The van der Waals surface area contributed by atoms with Gasteiger partial charge in [0.05, 0.1) is 13.2 Å². The van der Waals surface area contributed by atoms with E-state index in [0.717, 1.165) is 27.1 Å². The van der Waals surface area contributed by atoms with Crippen LogP contribution in [0.25, 0.3) is 11.1 Å². The lowest BCUT2D eigenvalue weighted by Crippen LogP contribution is -2.33. The average Bonchev–Trinajstić information content (AvgIpc) is 3.18. The van der Waals surface area contributed by atoms with Gasteiger partial charge in [0.2, 0.25) is 0 Å². The molecule has 0 bridgehead atoms. The maximum Gasteiger partial charge on any atom is 0.341 e. The standard InChI is InChI=1S/C27H24N2O2S2/c1-18-22(19-12-6-3-7-13-19)23(26(30)31-2)25(33-18)29-27(32)28-24(20-14-8-4-9-15-20)21-16-10-5-11-17-21/h3-17,24H,1-2H3,(H2,28,29,32). The van der Waals surface area contributed by atoms with E-state index in [9.17, 15) is 4.79 Å². The Morgan fingerprint density at radius 2 is 1.39 bits per heavy atom. The Morgan fingerprint density at radius 3 is 1.91 bits per heavy atom. The molecular weight excluding hydrogens is 448 g/mol. The van der Waals surface area contributed by atoms with Gasteiger partial charge in [-0.1, -0.05) is 91.0 Å². The van der Waals surface area contributed by atoms with Crippen LogP contribution in [0.3, 0.4) is 0 Å².